The average Bonchev–Trinajstić information content (AvgIpc) is 3.41. The summed E-state index contributed by atoms with van der Waals surface area (Å²) in [6.07, 6.45) is 5.95. The summed E-state index contributed by atoms with van der Waals surface area (Å²) in [6, 6.07) is 0. The Kier molecular flexibility index (Phi) is 9.00. The van der Waals surface area contributed by atoms with Gasteiger partial charge in [0.1, 0.15) is 16.5 Å². The number of hydrogen-bond donors (Lipinski definition) is 0. The van der Waals surface area contributed by atoms with Gasteiger partial charge in [0.15, 0.2) is 0 Å². The third kappa shape index (κ3) is 6.22. The van der Waals surface area contributed by atoms with E-state index in [-0.39, 0.29) is 12.0 Å². The molecule has 2 rings (SSSR count). The fourth-order valence-electron chi connectivity index (χ4n) is 2.62. The number of carbonyl (C=O) groups is 1. The Labute approximate surface area is 180 Å². The number of ether oxygens (including phenoxy) is 3. The van der Waals surface area contributed by atoms with Crippen LogP contribution in [-0.2, 0) is 19.0 Å². The predicted octanol–water partition coefficient (Wildman–Crippen LogP) is 5.15. The van der Waals surface area contributed by atoms with Crippen LogP contribution in [0.2, 0.25) is 0 Å². The zero-order valence-electron chi connectivity index (χ0n) is 17.7. The van der Waals surface area contributed by atoms with Gasteiger partial charge in [-0.05, 0) is 12.5 Å². The van der Waals surface area contributed by atoms with E-state index < -0.39 is 5.97 Å². The second kappa shape index (κ2) is 11.2. The number of esters is 1. The SMILES string of the molecule is CCC(C)c1nc(-c2nc(C=CC(OC)C(C)C(=CC(=O)OC)OC)cs2)cs1. The molecule has 0 aromatic carbocycles. The highest BCUT2D eigenvalue weighted by atomic mass is 32.1. The summed E-state index contributed by atoms with van der Waals surface area (Å²) >= 11 is 3.25. The van der Waals surface area contributed by atoms with Gasteiger partial charge in [0.25, 0.3) is 0 Å². The molecule has 0 saturated carbocycles. The molecule has 0 fully saturated rings. The van der Waals surface area contributed by atoms with E-state index in [0.29, 0.717) is 11.7 Å². The molecule has 0 aliphatic rings. The van der Waals surface area contributed by atoms with E-state index in [1.807, 2.05) is 24.5 Å². The molecule has 0 aliphatic heterocycles. The Morgan fingerprint density at radius 3 is 2.52 bits per heavy atom. The maximum Gasteiger partial charge on any atom is 0.333 e. The molecule has 6 nitrogen and oxygen atoms in total. The maximum absolute atomic E-state index is 11.5. The molecular formula is C21H28N2O4S2. The molecule has 0 amide bonds. The van der Waals surface area contributed by atoms with E-state index >= 15 is 0 Å². The van der Waals surface area contributed by atoms with Crippen LogP contribution in [0, 0.1) is 5.92 Å². The first-order valence-corrected chi connectivity index (χ1v) is 11.1. The largest absolute Gasteiger partial charge is 0.500 e. The van der Waals surface area contributed by atoms with Crippen molar-refractivity contribution in [2.24, 2.45) is 5.92 Å². The van der Waals surface area contributed by atoms with Crippen molar-refractivity contribution >= 4 is 34.7 Å². The minimum Gasteiger partial charge on any atom is -0.500 e. The lowest BCUT2D eigenvalue weighted by atomic mass is 10.0. The van der Waals surface area contributed by atoms with Crippen LogP contribution < -0.4 is 0 Å². The number of nitrogens with zero attached hydrogens (tertiary/aromatic N) is 2. The predicted molar refractivity (Wildman–Crippen MR) is 118 cm³/mol. The minimum absolute atomic E-state index is 0.171. The third-order valence-electron chi connectivity index (χ3n) is 4.66. The topological polar surface area (TPSA) is 70.5 Å². The van der Waals surface area contributed by atoms with Crippen LogP contribution in [0.3, 0.4) is 0 Å². The molecule has 3 unspecified atom stereocenters. The van der Waals surface area contributed by atoms with Crippen molar-refractivity contribution in [3.05, 3.63) is 39.4 Å². The monoisotopic (exact) mass is 436 g/mol. The first kappa shape index (κ1) is 23.3. The van der Waals surface area contributed by atoms with Gasteiger partial charge in [0.05, 0.1) is 37.1 Å². The minimum atomic E-state index is -0.461. The van der Waals surface area contributed by atoms with Gasteiger partial charge >= 0.3 is 5.97 Å². The molecule has 0 saturated heterocycles. The van der Waals surface area contributed by atoms with Crippen LogP contribution in [0.15, 0.2) is 28.7 Å². The maximum atomic E-state index is 11.5. The second-order valence-corrected chi connectivity index (χ2v) is 8.33. The molecule has 2 heterocycles. The average molecular weight is 437 g/mol. The van der Waals surface area contributed by atoms with E-state index in [2.05, 4.69) is 28.9 Å². The van der Waals surface area contributed by atoms with Crippen LogP contribution >= 0.6 is 22.7 Å². The number of methoxy groups -OCH3 is 3. The van der Waals surface area contributed by atoms with Gasteiger partial charge in [0, 0.05) is 29.7 Å². The lowest BCUT2D eigenvalue weighted by Gasteiger charge is -2.21. The van der Waals surface area contributed by atoms with E-state index in [1.54, 1.807) is 29.8 Å². The molecule has 29 heavy (non-hydrogen) atoms. The van der Waals surface area contributed by atoms with E-state index in [0.717, 1.165) is 27.8 Å². The molecule has 0 N–H and O–H groups in total. The summed E-state index contributed by atoms with van der Waals surface area (Å²) < 4.78 is 15.6. The number of carbonyl (C=O) groups excluding carboxylic acids is 1. The molecule has 0 aliphatic carbocycles. The molecule has 8 heteroatoms. The van der Waals surface area contributed by atoms with Crippen molar-refractivity contribution in [3.8, 4) is 10.7 Å². The Morgan fingerprint density at radius 2 is 1.90 bits per heavy atom. The van der Waals surface area contributed by atoms with Crippen molar-refractivity contribution in [2.45, 2.75) is 39.2 Å². The number of rotatable bonds is 10. The van der Waals surface area contributed by atoms with Crippen molar-refractivity contribution in [2.75, 3.05) is 21.3 Å². The zero-order valence-corrected chi connectivity index (χ0v) is 19.3. The van der Waals surface area contributed by atoms with Crippen molar-refractivity contribution in [1.29, 1.82) is 0 Å². The summed E-state index contributed by atoms with van der Waals surface area (Å²) in [6.45, 7) is 6.28. The summed E-state index contributed by atoms with van der Waals surface area (Å²) in [5.74, 6) is 0.323. The Balaban J connectivity index is 2.13. The standard InChI is InChI=1S/C21H28N2O4S2/c1-7-13(2)20-23-16(12-29-20)21-22-15(11-28-21)8-9-17(25-4)14(3)18(26-5)10-19(24)27-6/h8-14,17H,7H2,1-6H3. The lowest BCUT2D eigenvalue weighted by Crippen LogP contribution is -2.21. The molecular weight excluding hydrogens is 408 g/mol. The molecule has 0 spiro atoms. The molecule has 2 aromatic rings. The second-order valence-electron chi connectivity index (χ2n) is 6.58. The summed E-state index contributed by atoms with van der Waals surface area (Å²) in [5, 5.41) is 6.11. The molecule has 2 aromatic heterocycles. The molecule has 0 radical (unpaired) electrons. The lowest BCUT2D eigenvalue weighted by molar-refractivity contribution is -0.135. The van der Waals surface area contributed by atoms with Crippen molar-refractivity contribution in [1.82, 2.24) is 9.97 Å². The Hall–Kier alpha value is -2.03. The van der Waals surface area contributed by atoms with Gasteiger partial charge in [-0.25, -0.2) is 14.8 Å². The smallest absolute Gasteiger partial charge is 0.333 e. The molecule has 158 valence electrons. The fourth-order valence-corrected chi connectivity index (χ4v) is 4.39. The first-order valence-electron chi connectivity index (χ1n) is 9.39. The van der Waals surface area contributed by atoms with Gasteiger partial charge in [-0.3, -0.25) is 0 Å². The highest BCUT2D eigenvalue weighted by Gasteiger charge is 2.21. The van der Waals surface area contributed by atoms with Gasteiger partial charge in [-0.2, -0.15) is 0 Å². The summed E-state index contributed by atoms with van der Waals surface area (Å²) in [7, 11) is 4.48. The zero-order chi connectivity index (χ0) is 21.4. The van der Waals surface area contributed by atoms with Gasteiger partial charge in [-0.15, -0.1) is 22.7 Å². The van der Waals surface area contributed by atoms with Gasteiger partial charge in [0.2, 0.25) is 0 Å². The van der Waals surface area contributed by atoms with Crippen LogP contribution in [0.5, 0.6) is 0 Å². The Bertz CT molecular complexity index is 856. The number of hydrogen-bond acceptors (Lipinski definition) is 8. The highest BCUT2D eigenvalue weighted by molar-refractivity contribution is 7.14. The summed E-state index contributed by atoms with van der Waals surface area (Å²) in [5.41, 5.74) is 1.77. The summed E-state index contributed by atoms with van der Waals surface area (Å²) in [4.78, 5) is 20.9. The first-order chi connectivity index (χ1) is 13.9. The van der Waals surface area contributed by atoms with Crippen molar-refractivity contribution < 1.29 is 19.0 Å². The normalized spacial score (nSPS) is 15.3. The van der Waals surface area contributed by atoms with E-state index in [1.165, 1.54) is 20.3 Å². The van der Waals surface area contributed by atoms with Gasteiger partial charge in [-0.1, -0.05) is 26.8 Å². The molecule has 0 bridgehead atoms. The van der Waals surface area contributed by atoms with Gasteiger partial charge < -0.3 is 14.2 Å². The molecule has 3 atom stereocenters. The van der Waals surface area contributed by atoms with Crippen molar-refractivity contribution in [3.63, 3.8) is 0 Å². The number of aromatic nitrogens is 2. The highest BCUT2D eigenvalue weighted by Crippen LogP contribution is 2.30. The quantitative estimate of drug-likeness (QED) is 0.291. The Morgan fingerprint density at radius 1 is 1.14 bits per heavy atom. The van der Waals surface area contributed by atoms with E-state index in [4.69, 9.17) is 14.5 Å². The van der Waals surface area contributed by atoms with E-state index in [9.17, 15) is 4.79 Å². The van der Waals surface area contributed by atoms with Crippen LogP contribution in [-0.4, -0.2) is 43.4 Å². The van der Waals surface area contributed by atoms with Crippen LogP contribution in [0.1, 0.15) is 43.8 Å². The third-order valence-corrected chi connectivity index (χ3v) is 6.62. The number of thiazole rings is 2. The van der Waals surface area contributed by atoms with Crippen LogP contribution in [0.25, 0.3) is 16.8 Å². The fraction of sp³-hybridized carbons (Fsp3) is 0.476. The van der Waals surface area contributed by atoms with Crippen LogP contribution in [0.4, 0.5) is 0 Å².